The lowest BCUT2D eigenvalue weighted by molar-refractivity contribution is -0.149. The highest BCUT2D eigenvalue weighted by Gasteiger charge is 2.42. The third kappa shape index (κ3) is 5.59. The van der Waals surface area contributed by atoms with E-state index in [1.165, 1.54) is 26.9 Å². The van der Waals surface area contributed by atoms with Crippen molar-refractivity contribution in [1.29, 1.82) is 0 Å². The molecule has 0 aliphatic carbocycles. The van der Waals surface area contributed by atoms with Gasteiger partial charge in [0.05, 0.1) is 10.8 Å². The van der Waals surface area contributed by atoms with E-state index in [0.717, 1.165) is 16.9 Å². The van der Waals surface area contributed by atoms with Crippen LogP contribution in [-0.2, 0) is 14.4 Å². The molecule has 1 saturated heterocycles. The quantitative estimate of drug-likeness (QED) is 0.251. The Bertz CT molecular complexity index is 856. The zero-order valence-corrected chi connectivity index (χ0v) is 18.6. The minimum Gasteiger partial charge on any atom is -0.330 e. The van der Waals surface area contributed by atoms with Gasteiger partial charge in [0.1, 0.15) is 6.04 Å². The van der Waals surface area contributed by atoms with Crippen LogP contribution in [0.4, 0.5) is 4.39 Å². The lowest BCUT2D eigenvalue weighted by atomic mass is 9.94. The summed E-state index contributed by atoms with van der Waals surface area (Å²) in [6.07, 6.45) is 2.04. The molecule has 4 N–H and O–H groups in total. The molecule has 0 spiro atoms. The number of hydrogen-bond donors (Lipinski definition) is 4. The lowest BCUT2D eigenvalue weighted by Crippen LogP contribution is -2.53. The molecule has 3 amide bonds. The molecule has 174 valence electrons. The van der Waals surface area contributed by atoms with E-state index in [1.807, 2.05) is 37.3 Å². The van der Waals surface area contributed by atoms with E-state index in [-0.39, 0.29) is 6.42 Å². The molecular formula is C21H28FN5O4S. The van der Waals surface area contributed by atoms with Crippen LogP contribution in [0, 0.1) is 5.92 Å². The number of halogens is 1. The van der Waals surface area contributed by atoms with E-state index in [0.29, 0.717) is 25.8 Å². The second-order valence-electron chi connectivity index (χ2n) is 7.68. The van der Waals surface area contributed by atoms with Gasteiger partial charge in [-0.05, 0) is 24.8 Å². The Morgan fingerprint density at radius 1 is 1.31 bits per heavy atom. The van der Waals surface area contributed by atoms with Gasteiger partial charge in [0.25, 0.3) is 11.8 Å². The third-order valence-electron chi connectivity index (χ3n) is 5.51. The number of carbonyl (C=O) groups is 3. The van der Waals surface area contributed by atoms with Gasteiger partial charge in [0, 0.05) is 24.7 Å². The molecule has 0 radical (unpaired) electrons. The molecule has 0 unspecified atom stereocenters. The number of benzene rings is 1. The summed E-state index contributed by atoms with van der Waals surface area (Å²) in [5.41, 5.74) is 7.97. The number of likely N-dealkylation sites (tertiary alicyclic amines) is 1. The number of hydrazine groups is 2. The summed E-state index contributed by atoms with van der Waals surface area (Å²) in [7, 11) is 0. The Labute approximate surface area is 190 Å². The van der Waals surface area contributed by atoms with E-state index in [1.54, 1.807) is 6.20 Å². The van der Waals surface area contributed by atoms with Gasteiger partial charge in [-0.2, -0.15) is 0 Å². The van der Waals surface area contributed by atoms with Crippen LogP contribution in [0.15, 0.2) is 36.5 Å². The van der Waals surface area contributed by atoms with Gasteiger partial charge in [-0.25, -0.2) is 9.87 Å². The molecule has 3 atom stereocenters. The molecule has 0 saturated carbocycles. The first-order valence-electron chi connectivity index (χ1n) is 10.6. The van der Waals surface area contributed by atoms with Gasteiger partial charge in [0.2, 0.25) is 5.91 Å². The fraction of sp³-hybridized carbons (Fsp3) is 0.476. The van der Waals surface area contributed by atoms with Crippen LogP contribution in [0.25, 0.3) is 4.91 Å². The first-order chi connectivity index (χ1) is 15.5. The molecule has 0 bridgehead atoms. The van der Waals surface area contributed by atoms with E-state index >= 15 is 0 Å². The Morgan fingerprint density at radius 3 is 2.75 bits per heavy atom. The molecule has 2 aliphatic heterocycles. The number of unbranched alkanes of at least 4 members (excludes halogenated alkanes) is 1. The lowest BCUT2D eigenvalue weighted by Gasteiger charge is -2.30. The highest BCUT2D eigenvalue weighted by Crippen LogP contribution is 2.32. The largest absolute Gasteiger partial charge is 0.330 e. The number of hydrogen-bond acceptors (Lipinski definition) is 7. The predicted molar refractivity (Wildman–Crippen MR) is 118 cm³/mol. The van der Waals surface area contributed by atoms with Crippen molar-refractivity contribution >= 4 is 34.6 Å². The summed E-state index contributed by atoms with van der Waals surface area (Å²) in [5, 5.41) is 8.78. The van der Waals surface area contributed by atoms with Crippen molar-refractivity contribution in [2.75, 3.05) is 6.54 Å². The summed E-state index contributed by atoms with van der Waals surface area (Å²) in [4.78, 5) is 39.9. The number of alkyl halides is 1. The van der Waals surface area contributed by atoms with Crippen LogP contribution < -0.4 is 16.3 Å². The first-order valence-corrected chi connectivity index (χ1v) is 11.4. The monoisotopic (exact) mass is 465 g/mol. The normalized spacial score (nSPS) is 20.3. The molecule has 11 heteroatoms. The number of carbonyl (C=O) groups excluding carboxylic acids is 3. The van der Waals surface area contributed by atoms with Gasteiger partial charge >= 0.3 is 0 Å². The van der Waals surface area contributed by atoms with E-state index in [4.69, 9.17) is 5.21 Å². The topological polar surface area (TPSA) is 114 Å². The number of nitrogens with zero attached hydrogens (tertiary/aromatic N) is 2. The van der Waals surface area contributed by atoms with Gasteiger partial charge in [-0.3, -0.25) is 30.4 Å². The van der Waals surface area contributed by atoms with Crippen LogP contribution in [0.2, 0.25) is 0 Å². The molecule has 1 fully saturated rings. The maximum Gasteiger partial charge on any atom is 0.278 e. The number of rotatable bonds is 9. The van der Waals surface area contributed by atoms with Crippen LogP contribution in [0.3, 0.4) is 0 Å². The average molecular weight is 466 g/mol. The zero-order valence-electron chi connectivity index (χ0n) is 17.8. The smallest absolute Gasteiger partial charge is 0.278 e. The molecule has 0 aromatic heterocycles. The van der Waals surface area contributed by atoms with Crippen molar-refractivity contribution < 1.29 is 24.0 Å². The highest BCUT2D eigenvalue weighted by molar-refractivity contribution is 8.06. The molecule has 3 rings (SSSR count). The Kier molecular flexibility index (Phi) is 8.48. The molecule has 1 aromatic rings. The van der Waals surface area contributed by atoms with Gasteiger partial charge in [-0.15, -0.1) is 0 Å². The van der Waals surface area contributed by atoms with Gasteiger partial charge in [-0.1, -0.05) is 54.6 Å². The van der Waals surface area contributed by atoms with E-state index in [2.05, 4.69) is 10.9 Å². The fourth-order valence-corrected chi connectivity index (χ4v) is 4.60. The highest BCUT2D eigenvalue weighted by atomic mass is 32.2. The number of nitrogens with one attached hydrogen (secondary N) is 3. The van der Waals surface area contributed by atoms with Crippen molar-refractivity contribution in [1.82, 2.24) is 25.8 Å². The van der Waals surface area contributed by atoms with Crippen LogP contribution in [0.1, 0.15) is 44.6 Å². The minimum atomic E-state index is -2.18. The van der Waals surface area contributed by atoms with Crippen molar-refractivity contribution in [3.8, 4) is 0 Å². The maximum atomic E-state index is 14.6. The van der Waals surface area contributed by atoms with E-state index < -0.39 is 35.9 Å². The predicted octanol–water partition coefficient (Wildman–Crippen LogP) is 2.13. The summed E-state index contributed by atoms with van der Waals surface area (Å²) >= 11 is 1.30. The Balaban J connectivity index is 1.63. The van der Waals surface area contributed by atoms with E-state index in [9.17, 15) is 18.8 Å². The minimum absolute atomic E-state index is 0.155. The second kappa shape index (κ2) is 11.3. The summed E-state index contributed by atoms with van der Waals surface area (Å²) in [5.74, 6) is -3.48. The third-order valence-corrected chi connectivity index (χ3v) is 6.44. The Hall–Kier alpha value is -2.63. The molecule has 2 aliphatic rings. The first kappa shape index (κ1) is 24.0. The van der Waals surface area contributed by atoms with Gasteiger partial charge < -0.3 is 4.90 Å². The van der Waals surface area contributed by atoms with Crippen LogP contribution in [0.5, 0.6) is 0 Å². The van der Waals surface area contributed by atoms with Crippen LogP contribution in [-0.4, -0.2) is 51.1 Å². The maximum absolute atomic E-state index is 14.6. The van der Waals surface area contributed by atoms with Crippen molar-refractivity contribution in [3.63, 3.8) is 0 Å². The average Bonchev–Trinajstić information content (AvgIpc) is 3.49. The fourth-order valence-electron chi connectivity index (χ4n) is 3.82. The Morgan fingerprint density at radius 2 is 2.06 bits per heavy atom. The second-order valence-corrected chi connectivity index (χ2v) is 8.67. The molecular weight excluding hydrogens is 437 g/mol. The van der Waals surface area contributed by atoms with Crippen molar-refractivity contribution in [2.24, 2.45) is 5.92 Å². The molecule has 1 aromatic carbocycles. The van der Waals surface area contributed by atoms with Crippen molar-refractivity contribution in [3.05, 3.63) is 42.1 Å². The van der Waals surface area contributed by atoms with Crippen LogP contribution >= 0.6 is 11.9 Å². The summed E-state index contributed by atoms with van der Waals surface area (Å²) in [6, 6.07) is 8.90. The summed E-state index contributed by atoms with van der Waals surface area (Å²) in [6.45, 7) is 2.20. The summed E-state index contributed by atoms with van der Waals surface area (Å²) < 4.78 is 16.1. The number of hydroxylamine groups is 1. The molecule has 2 heterocycles. The standard InChI is InChI=1S/C21H28FN5O4S/c1-2-3-10-15(18(22)20(29)25-31)21(30)26-12-7-11-16(26)19(28)24-27-23-13-17(32-27)14-8-5-4-6-9-14/h4-6,8-9,13,15-16,18,23,31H,2-3,7,10-12H2,1H3,(H,24,28)(H,25,29)/t15-,16+,18-/m1/s1. The zero-order chi connectivity index (χ0) is 23.1. The molecule has 9 nitrogen and oxygen atoms in total. The van der Waals surface area contributed by atoms with Gasteiger partial charge in [0.15, 0.2) is 6.17 Å². The van der Waals surface area contributed by atoms with Crippen molar-refractivity contribution in [2.45, 2.75) is 51.2 Å². The SMILES string of the molecule is CCCC[C@@H](C(=O)N1CCC[C@H]1C(=O)NN1NC=C(c2ccccc2)S1)[C@@H](F)C(=O)NO. The number of amides is 3. The molecule has 32 heavy (non-hydrogen) atoms.